The average Bonchev–Trinajstić information content (AvgIpc) is 2.85. The van der Waals surface area contributed by atoms with Gasteiger partial charge in [0.15, 0.2) is 0 Å². The Balaban J connectivity index is 1.69. The van der Waals surface area contributed by atoms with Crippen LogP contribution in [0.1, 0.15) is 19.6 Å². The molecule has 1 saturated heterocycles. The second-order valence-corrected chi connectivity index (χ2v) is 5.38. The molecule has 1 aliphatic rings. The fourth-order valence-electron chi connectivity index (χ4n) is 2.42. The average molecular weight is 251 g/mol. The Morgan fingerprint density at radius 2 is 2.33 bits per heavy atom. The van der Waals surface area contributed by atoms with Crippen LogP contribution in [0.2, 0.25) is 0 Å². The predicted molar refractivity (Wildman–Crippen MR) is 73.5 cm³/mol. The third-order valence-electron chi connectivity index (χ3n) is 3.93. The number of hydrogen-bond acceptors (Lipinski definition) is 4. The van der Waals surface area contributed by atoms with Crippen molar-refractivity contribution in [2.75, 3.05) is 33.2 Å². The molecular weight excluding hydrogens is 226 g/mol. The minimum Gasteiger partial charge on any atom is -0.468 e. The molecule has 1 aromatic rings. The lowest BCUT2D eigenvalue weighted by Gasteiger charge is -2.40. The van der Waals surface area contributed by atoms with Crippen LogP contribution in [0.25, 0.3) is 0 Å². The summed E-state index contributed by atoms with van der Waals surface area (Å²) in [6, 6.07) is 5.18. The maximum Gasteiger partial charge on any atom is 0.117 e. The van der Waals surface area contributed by atoms with Crippen molar-refractivity contribution in [3.05, 3.63) is 24.2 Å². The largest absolute Gasteiger partial charge is 0.468 e. The van der Waals surface area contributed by atoms with Gasteiger partial charge in [-0.05, 0) is 33.0 Å². The molecule has 2 unspecified atom stereocenters. The van der Waals surface area contributed by atoms with Gasteiger partial charge in [0.1, 0.15) is 5.76 Å². The number of nitrogens with zero attached hydrogens (tertiary/aromatic N) is 2. The molecule has 0 spiro atoms. The first-order valence-electron chi connectivity index (χ1n) is 6.84. The van der Waals surface area contributed by atoms with Crippen LogP contribution in [0, 0.1) is 0 Å². The summed E-state index contributed by atoms with van der Waals surface area (Å²) in [5.41, 5.74) is 0. The Morgan fingerprint density at radius 3 is 3.00 bits per heavy atom. The Morgan fingerprint density at radius 1 is 1.50 bits per heavy atom. The first kappa shape index (κ1) is 13.6. The van der Waals surface area contributed by atoms with Gasteiger partial charge in [-0.2, -0.15) is 0 Å². The molecule has 4 nitrogen and oxygen atoms in total. The van der Waals surface area contributed by atoms with Gasteiger partial charge < -0.3 is 14.6 Å². The smallest absolute Gasteiger partial charge is 0.117 e. The van der Waals surface area contributed by atoms with Crippen LogP contribution in [0.5, 0.6) is 0 Å². The fraction of sp³-hybridized carbons (Fsp3) is 0.714. The molecule has 18 heavy (non-hydrogen) atoms. The van der Waals surface area contributed by atoms with Crippen molar-refractivity contribution in [2.45, 2.75) is 32.5 Å². The van der Waals surface area contributed by atoms with Crippen molar-refractivity contribution in [2.24, 2.45) is 0 Å². The van der Waals surface area contributed by atoms with Crippen LogP contribution in [-0.2, 0) is 6.54 Å². The summed E-state index contributed by atoms with van der Waals surface area (Å²) in [7, 11) is 2.21. The second-order valence-electron chi connectivity index (χ2n) is 5.38. The summed E-state index contributed by atoms with van der Waals surface area (Å²) < 4.78 is 5.31. The molecule has 0 amide bonds. The summed E-state index contributed by atoms with van der Waals surface area (Å²) in [6.07, 6.45) is 1.72. The maximum atomic E-state index is 5.31. The van der Waals surface area contributed by atoms with E-state index in [0.29, 0.717) is 12.1 Å². The molecule has 1 N–H and O–H groups in total. The zero-order valence-electron chi connectivity index (χ0n) is 11.7. The first-order valence-corrected chi connectivity index (χ1v) is 6.84. The van der Waals surface area contributed by atoms with Gasteiger partial charge in [0, 0.05) is 38.3 Å². The summed E-state index contributed by atoms with van der Waals surface area (Å²) >= 11 is 0. The van der Waals surface area contributed by atoms with E-state index in [1.165, 1.54) is 19.6 Å². The summed E-state index contributed by atoms with van der Waals surface area (Å²) in [5.74, 6) is 1.01. The zero-order valence-corrected chi connectivity index (χ0v) is 11.7. The standard InChI is InChI=1S/C14H25N3O/c1-12(9-15-10-14-5-4-8-18-14)17-7-6-16(3)13(2)11-17/h4-5,8,12-13,15H,6-7,9-11H2,1-3H3. The topological polar surface area (TPSA) is 31.6 Å². The van der Waals surface area contributed by atoms with Crippen LogP contribution >= 0.6 is 0 Å². The molecule has 0 aromatic carbocycles. The fourth-order valence-corrected chi connectivity index (χ4v) is 2.42. The van der Waals surface area contributed by atoms with Crippen molar-refractivity contribution >= 4 is 0 Å². The molecule has 1 fully saturated rings. The lowest BCUT2D eigenvalue weighted by molar-refractivity contribution is 0.0770. The number of hydrogen-bond donors (Lipinski definition) is 1. The lowest BCUT2D eigenvalue weighted by Crippen LogP contribution is -2.54. The number of furan rings is 1. The van der Waals surface area contributed by atoms with Gasteiger partial charge >= 0.3 is 0 Å². The summed E-state index contributed by atoms with van der Waals surface area (Å²) in [6.45, 7) is 9.94. The Bertz CT molecular complexity index is 339. The zero-order chi connectivity index (χ0) is 13.0. The molecule has 2 atom stereocenters. The molecule has 0 bridgehead atoms. The van der Waals surface area contributed by atoms with E-state index in [1.54, 1.807) is 6.26 Å². The molecule has 0 radical (unpaired) electrons. The van der Waals surface area contributed by atoms with Crippen LogP contribution < -0.4 is 5.32 Å². The molecule has 2 heterocycles. The number of rotatable bonds is 5. The van der Waals surface area contributed by atoms with Gasteiger partial charge in [-0.15, -0.1) is 0 Å². The van der Waals surface area contributed by atoms with Crippen molar-refractivity contribution < 1.29 is 4.42 Å². The molecule has 1 aliphatic heterocycles. The minimum atomic E-state index is 0.580. The van der Waals surface area contributed by atoms with Gasteiger partial charge in [-0.25, -0.2) is 0 Å². The van der Waals surface area contributed by atoms with Crippen LogP contribution in [0.15, 0.2) is 22.8 Å². The molecule has 2 rings (SSSR count). The lowest BCUT2D eigenvalue weighted by atomic mass is 10.1. The van der Waals surface area contributed by atoms with Crippen LogP contribution in [-0.4, -0.2) is 55.1 Å². The highest BCUT2D eigenvalue weighted by atomic mass is 16.3. The molecular formula is C14H25N3O. The van der Waals surface area contributed by atoms with E-state index in [1.807, 2.05) is 12.1 Å². The highest BCUT2D eigenvalue weighted by molar-refractivity contribution is 4.97. The SMILES string of the molecule is CC1CN(C(C)CNCc2ccco2)CCN1C. The minimum absolute atomic E-state index is 0.580. The molecule has 1 aromatic heterocycles. The molecule has 0 saturated carbocycles. The third kappa shape index (κ3) is 3.57. The van der Waals surface area contributed by atoms with E-state index >= 15 is 0 Å². The Kier molecular flexibility index (Phi) is 4.80. The Labute approximate surface area is 110 Å². The highest BCUT2D eigenvalue weighted by Gasteiger charge is 2.23. The first-order chi connectivity index (χ1) is 8.66. The van der Waals surface area contributed by atoms with Gasteiger partial charge in [0.2, 0.25) is 0 Å². The van der Waals surface area contributed by atoms with Crippen LogP contribution in [0.4, 0.5) is 0 Å². The van der Waals surface area contributed by atoms with Gasteiger partial charge in [-0.3, -0.25) is 4.90 Å². The quantitative estimate of drug-likeness (QED) is 0.857. The number of piperazine rings is 1. The number of likely N-dealkylation sites (N-methyl/N-ethyl adjacent to an activating group) is 1. The van der Waals surface area contributed by atoms with E-state index in [-0.39, 0.29) is 0 Å². The molecule has 4 heteroatoms. The monoisotopic (exact) mass is 251 g/mol. The van der Waals surface area contributed by atoms with E-state index < -0.39 is 0 Å². The van der Waals surface area contributed by atoms with Crippen molar-refractivity contribution in [3.8, 4) is 0 Å². The normalized spacial score (nSPS) is 24.3. The molecule has 0 aliphatic carbocycles. The summed E-state index contributed by atoms with van der Waals surface area (Å²) in [5, 5.41) is 3.46. The van der Waals surface area contributed by atoms with Crippen molar-refractivity contribution in [1.82, 2.24) is 15.1 Å². The van der Waals surface area contributed by atoms with E-state index in [2.05, 4.69) is 36.0 Å². The number of nitrogens with one attached hydrogen (secondary N) is 1. The van der Waals surface area contributed by atoms with Crippen molar-refractivity contribution in [1.29, 1.82) is 0 Å². The third-order valence-corrected chi connectivity index (χ3v) is 3.93. The van der Waals surface area contributed by atoms with E-state index in [9.17, 15) is 0 Å². The Hall–Kier alpha value is -0.840. The van der Waals surface area contributed by atoms with Gasteiger partial charge in [0.25, 0.3) is 0 Å². The van der Waals surface area contributed by atoms with Gasteiger partial charge in [-0.1, -0.05) is 0 Å². The maximum absolute atomic E-state index is 5.31. The highest BCUT2D eigenvalue weighted by Crippen LogP contribution is 2.10. The van der Waals surface area contributed by atoms with Crippen LogP contribution in [0.3, 0.4) is 0 Å². The molecule has 102 valence electrons. The second kappa shape index (κ2) is 6.36. The van der Waals surface area contributed by atoms with E-state index in [0.717, 1.165) is 18.8 Å². The predicted octanol–water partition coefficient (Wildman–Crippen LogP) is 1.39. The summed E-state index contributed by atoms with van der Waals surface area (Å²) in [4.78, 5) is 5.00. The van der Waals surface area contributed by atoms with Crippen molar-refractivity contribution in [3.63, 3.8) is 0 Å². The van der Waals surface area contributed by atoms with Gasteiger partial charge in [0.05, 0.1) is 12.8 Å². The van der Waals surface area contributed by atoms with E-state index in [4.69, 9.17) is 4.42 Å².